The number of amides is 1. The Kier molecular flexibility index (Phi) is 2.09. The average Bonchev–Trinajstić information content (AvgIpc) is 2.24. The maximum absolute atomic E-state index is 11.3. The van der Waals surface area contributed by atoms with Gasteiger partial charge in [0.1, 0.15) is 0 Å². The van der Waals surface area contributed by atoms with Gasteiger partial charge < -0.3 is 5.32 Å². The lowest BCUT2D eigenvalue weighted by molar-refractivity contribution is -0.120. The summed E-state index contributed by atoms with van der Waals surface area (Å²) in [5.41, 5.74) is 0.376. The van der Waals surface area contributed by atoms with Gasteiger partial charge in [0, 0.05) is 12.5 Å². The van der Waals surface area contributed by atoms with Gasteiger partial charge in [-0.3, -0.25) is 4.79 Å². The summed E-state index contributed by atoms with van der Waals surface area (Å²) in [6.45, 7) is 4.47. The second-order valence-electron chi connectivity index (χ2n) is 5.14. The van der Waals surface area contributed by atoms with Crippen molar-refractivity contribution in [1.29, 1.82) is 0 Å². The van der Waals surface area contributed by atoms with Crippen LogP contribution in [0.15, 0.2) is 0 Å². The topological polar surface area (TPSA) is 29.1 Å². The summed E-state index contributed by atoms with van der Waals surface area (Å²) in [6.07, 6.45) is 5.81. The third-order valence-corrected chi connectivity index (χ3v) is 3.64. The van der Waals surface area contributed by atoms with Crippen molar-refractivity contribution in [2.75, 3.05) is 0 Å². The van der Waals surface area contributed by atoms with Crippen LogP contribution in [0.2, 0.25) is 0 Å². The molecule has 2 aliphatic rings. The van der Waals surface area contributed by atoms with Crippen LogP contribution in [0.1, 0.15) is 46.0 Å². The molecule has 2 fully saturated rings. The van der Waals surface area contributed by atoms with Crippen molar-refractivity contribution in [3.05, 3.63) is 0 Å². The highest BCUT2D eigenvalue weighted by atomic mass is 16.2. The highest BCUT2D eigenvalue weighted by Crippen LogP contribution is 2.51. The van der Waals surface area contributed by atoms with Crippen molar-refractivity contribution in [3.63, 3.8) is 0 Å². The molecule has 1 amide bonds. The fraction of sp³-hybridized carbons (Fsp3) is 0.909. The molecule has 1 unspecified atom stereocenters. The van der Waals surface area contributed by atoms with Crippen molar-refractivity contribution < 1.29 is 4.79 Å². The summed E-state index contributed by atoms with van der Waals surface area (Å²) in [5, 5.41) is 3.14. The second kappa shape index (κ2) is 3.00. The van der Waals surface area contributed by atoms with Gasteiger partial charge in [-0.2, -0.15) is 0 Å². The molecule has 0 radical (unpaired) electrons. The first-order valence-corrected chi connectivity index (χ1v) is 5.42. The summed E-state index contributed by atoms with van der Waals surface area (Å²) >= 11 is 0. The molecule has 13 heavy (non-hydrogen) atoms. The minimum Gasteiger partial charge on any atom is -0.353 e. The van der Waals surface area contributed by atoms with Gasteiger partial charge >= 0.3 is 0 Å². The van der Waals surface area contributed by atoms with Crippen LogP contribution in [0, 0.1) is 11.3 Å². The van der Waals surface area contributed by atoms with Crippen molar-refractivity contribution in [1.82, 2.24) is 5.32 Å². The van der Waals surface area contributed by atoms with Crippen molar-refractivity contribution in [2.45, 2.75) is 52.0 Å². The second-order valence-corrected chi connectivity index (χ2v) is 5.14. The van der Waals surface area contributed by atoms with E-state index in [1.807, 2.05) is 0 Å². The predicted molar refractivity (Wildman–Crippen MR) is 52.3 cm³/mol. The molecule has 74 valence electrons. The molecule has 1 saturated heterocycles. The number of hydrogen-bond acceptors (Lipinski definition) is 1. The molecule has 1 aliphatic heterocycles. The van der Waals surface area contributed by atoms with Crippen LogP contribution in [-0.4, -0.2) is 11.9 Å². The molecular formula is C11H19NO. The zero-order valence-corrected chi connectivity index (χ0v) is 8.60. The van der Waals surface area contributed by atoms with E-state index in [1.165, 1.54) is 19.3 Å². The Bertz CT molecular complexity index is 218. The number of carbonyl (C=O) groups is 1. The normalized spacial score (nSPS) is 30.7. The zero-order valence-electron chi connectivity index (χ0n) is 8.60. The first kappa shape index (κ1) is 9.04. The fourth-order valence-electron chi connectivity index (χ4n) is 2.78. The Labute approximate surface area is 80.1 Å². The lowest BCUT2D eigenvalue weighted by Gasteiger charge is -2.42. The lowest BCUT2D eigenvalue weighted by Crippen LogP contribution is -2.42. The van der Waals surface area contributed by atoms with Crippen LogP contribution < -0.4 is 5.32 Å². The van der Waals surface area contributed by atoms with E-state index in [0.717, 1.165) is 12.8 Å². The van der Waals surface area contributed by atoms with Crippen LogP contribution in [0.3, 0.4) is 0 Å². The van der Waals surface area contributed by atoms with Gasteiger partial charge in [0.2, 0.25) is 5.91 Å². The maximum atomic E-state index is 11.3. The van der Waals surface area contributed by atoms with Crippen molar-refractivity contribution >= 4 is 5.91 Å². The van der Waals surface area contributed by atoms with Crippen molar-refractivity contribution in [2.24, 2.45) is 11.3 Å². The number of hydrogen-bond donors (Lipinski definition) is 1. The van der Waals surface area contributed by atoms with Gasteiger partial charge in [0.15, 0.2) is 0 Å². The van der Waals surface area contributed by atoms with E-state index in [4.69, 9.17) is 0 Å². The van der Waals surface area contributed by atoms with E-state index < -0.39 is 0 Å². The molecule has 2 heteroatoms. The summed E-state index contributed by atoms with van der Waals surface area (Å²) in [4.78, 5) is 11.3. The third-order valence-electron chi connectivity index (χ3n) is 3.64. The predicted octanol–water partition coefficient (Wildman–Crippen LogP) is 2.09. The summed E-state index contributed by atoms with van der Waals surface area (Å²) in [7, 11) is 0. The highest BCUT2D eigenvalue weighted by molar-refractivity contribution is 5.80. The number of rotatable bonds is 2. The molecule has 0 aromatic heterocycles. The van der Waals surface area contributed by atoms with Gasteiger partial charge in [-0.15, -0.1) is 0 Å². The third kappa shape index (κ3) is 1.47. The molecule has 0 bridgehead atoms. The standard InChI is InChI=1S/C11H19NO/c1-8(2)6-9-11(4-3-5-11)7-10(13)12-9/h8-9H,3-7H2,1-2H3,(H,12,13). The van der Waals surface area contributed by atoms with Crippen LogP contribution >= 0.6 is 0 Å². The van der Waals surface area contributed by atoms with Gasteiger partial charge in [0.25, 0.3) is 0 Å². The number of carbonyl (C=O) groups excluding carboxylic acids is 1. The molecule has 2 nitrogen and oxygen atoms in total. The quantitative estimate of drug-likeness (QED) is 0.694. The SMILES string of the molecule is CC(C)CC1NC(=O)CC12CCC2. The molecular weight excluding hydrogens is 162 g/mol. The molecule has 0 aromatic carbocycles. The van der Waals surface area contributed by atoms with E-state index in [9.17, 15) is 4.79 Å². The van der Waals surface area contributed by atoms with Crippen LogP contribution in [0.4, 0.5) is 0 Å². The Morgan fingerprint density at radius 3 is 2.69 bits per heavy atom. The summed E-state index contributed by atoms with van der Waals surface area (Å²) in [5.74, 6) is 0.978. The Morgan fingerprint density at radius 2 is 2.23 bits per heavy atom. The maximum Gasteiger partial charge on any atom is 0.220 e. The van der Waals surface area contributed by atoms with E-state index in [-0.39, 0.29) is 5.91 Å². The van der Waals surface area contributed by atoms with Crippen LogP contribution in [0.25, 0.3) is 0 Å². The monoisotopic (exact) mass is 181 g/mol. The van der Waals surface area contributed by atoms with Crippen molar-refractivity contribution in [3.8, 4) is 0 Å². The van der Waals surface area contributed by atoms with Gasteiger partial charge in [0.05, 0.1) is 0 Å². The Hall–Kier alpha value is -0.530. The highest BCUT2D eigenvalue weighted by Gasteiger charge is 2.50. The van der Waals surface area contributed by atoms with Crippen LogP contribution in [-0.2, 0) is 4.79 Å². The fourth-order valence-corrected chi connectivity index (χ4v) is 2.78. The van der Waals surface area contributed by atoms with E-state index in [1.54, 1.807) is 0 Å². The molecule has 1 heterocycles. The molecule has 1 saturated carbocycles. The molecule has 1 atom stereocenters. The first-order valence-electron chi connectivity index (χ1n) is 5.42. The lowest BCUT2D eigenvalue weighted by atomic mass is 9.63. The Balaban J connectivity index is 2.04. The minimum absolute atomic E-state index is 0.283. The van der Waals surface area contributed by atoms with Gasteiger partial charge in [-0.25, -0.2) is 0 Å². The first-order chi connectivity index (χ1) is 6.12. The minimum atomic E-state index is 0.283. The molecule has 0 aromatic rings. The molecule has 1 spiro atoms. The smallest absolute Gasteiger partial charge is 0.220 e. The van der Waals surface area contributed by atoms with E-state index in [0.29, 0.717) is 17.4 Å². The largest absolute Gasteiger partial charge is 0.353 e. The van der Waals surface area contributed by atoms with E-state index >= 15 is 0 Å². The summed E-state index contributed by atoms with van der Waals surface area (Å²) in [6, 6.07) is 0.480. The molecule has 2 rings (SSSR count). The molecule has 1 aliphatic carbocycles. The van der Waals surface area contributed by atoms with Gasteiger partial charge in [-0.05, 0) is 30.6 Å². The Morgan fingerprint density at radius 1 is 1.54 bits per heavy atom. The molecule has 1 N–H and O–H groups in total. The van der Waals surface area contributed by atoms with Crippen LogP contribution in [0.5, 0.6) is 0 Å². The average molecular weight is 181 g/mol. The number of nitrogens with one attached hydrogen (secondary N) is 1. The van der Waals surface area contributed by atoms with Gasteiger partial charge in [-0.1, -0.05) is 20.3 Å². The zero-order chi connectivity index (χ0) is 9.47. The van der Waals surface area contributed by atoms with E-state index in [2.05, 4.69) is 19.2 Å². The summed E-state index contributed by atoms with van der Waals surface area (Å²) < 4.78 is 0.